The zero-order valence-corrected chi connectivity index (χ0v) is 12.1. The van der Waals surface area contributed by atoms with Crippen molar-refractivity contribution in [3.63, 3.8) is 0 Å². The fourth-order valence-electron chi connectivity index (χ4n) is 2.49. The van der Waals surface area contributed by atoms with Crippen LogP contribution in [0.2, 0.25) is 0 Å². The fourth-order valence-corrected chi connectivity index (χ4v) is 2.49. The quantitative estimate of drug-likeness (QED) is 0.796. The van der Waals surface area contributed by atoms with E-state index >= 15 is 0 Å². The Kier molecular flexibility index (Phi) is 4.30. The van der Waals surface area contributed by atoms with E-state index in [1.807, 2.05) is 60.7 Å². The fraction of sp³-hybridized carbons (Fsp3) is 0.222. The van der Waals surface area contributed by atoms with Crippen molar-refractivity contribution in [1.82, 2.24) is 4.90 Å². The van der Waals surface area contributed by atoms with Gasteiger partial charge in [0.1, 0.15) is 6.10 Å². The number of nitrogens with zero attached hydrogens (tertiary/aromatic N) is 1. The summed E-state index contributed by atoms with van der Waals surface area (Å²) in [7, 11) is 0. The second-order valence-electron chi connectivity index (χ2n) is 5.29. The minimum atomic E-state index is -0.670. The summed E-state index contributed by atoms with van der Waals surface area (Å²) in [6, 6.07) is 19.1. The molecule has 1 saturated heterocycles. The van der Waals surface area contributed by atoms with Crippen LogP contribution in [-0.2, 0) is 27.5 Å². The number of rotatable bonds is 5. The number of carbonyl (C=O) groups is 2. The van der Waals surface area contributed by atoms with Gasteiger partial charge in [0.2, 0.25) is 5.91 Å². The maximum absolute atomic E-state index is 12.3. The van der Waals surface area contributed by atoms with Crippen LogP contribution in [0.25, 0.3) is 0 Å². The lowest BCUT2D eigenvalue weighted by molar-refractivity contribution is -0.143. The maximum atomic E-state index is 12.3. The van der Waals surface area contributed by atoms with Crippen LogP contribution in [0, 0.1) is 0 Å². The number of likely N-dealkylation sites (tertiary alicyclic amines) is 1. The van der Waals surface area contributed by atoms with Gasteiger partial charge in [-0.25, -0.2) is 0 Å². The average Bonchev–Trinajstić information content (AvgIpc) is 2.82. The lowest BCUT2D eigenvalue weighted by Gasteiger charge is -2.15. The molecule has 0 unspecified atom stereocenters. The number of hydrogen-bond acceptors (Lipinski definition) is 3. The van der Waals surface area contributed by atoms with Crippen LogP contribution in [0.3, 0.4) is 0 Å². The average molecular weight is 295 g/mol. The van der Waals surface area contributed by atoms with Gasteiger partial charge >= 0.3 is 0 Å². The Balaban J connectivity index is 1.61. The van der Waals surface area contributed by atoms with Gasteiger partial charge in [0.05, 0.1) is 19.6 Å². The van der Waals surface area contributed by atoms with E-state index in [0.29, 0.717) is 13.2 Å². The smallest absolute Gasteiger partial charge is 0.259 e. The summed E-state index contributed by atoms with van der Waals surface area (Å²) in [6.07, 6.45) is -0.546. The molecule has 0 N–H and O–H groups in total. The summed E-state index contributed by atoms with van der Waals surface area (Å²) in [5, 5.41) is 0. The first kappa shape index (κ1) is 14.5. The van der Waals surface area contributed by atoms with Gasteiger partial charge in [-0.1, -0.05) is 60.7 Å². The second kappa shape index (κ2) is 6.54. The van der Waals surface area contributed by atoms with Crippen LogP contribution in [0.15, 0.2) is 60.7 Å². The molecule has 0 aromatic heterocycles. The Bertz CT molecular complexity index is 655. The van der Waals surface area contributed by atoms with Crippen LogP contribution in [0.5, 0.6) is 0 Å². The van der Waals surface area contributed by atoms with E-state index in [2.05, 4.69) is 0 Å². The van der Waals surface area contributed by atoms with E-state index in [9.17, 15) is 9.59 Å². The molecule has 4 heteroatoms. The Labute approximate surface area is 129 Å². The van der Waals surface area contributed by atoms with Crippen molar-refractivity contribution >= 4 is 11.8 Å². The zero-order chi connectivity index (χ0) is 15.4. The van der Waals surface area contributed by atoms with Crippen molar-refractivity contribution in [3.05, 3.63) is 71.8 Å². The van der Waals surface area contributed by atoms with Gasteiger partial charge in [-0.05, 0) is 11.1 Å². The molecule has 1 aliphatic heterocycles. The van der Waals surface area contributed by atoms with E-state index in [1.54, 1.807) is 0 Å². The van der Waals surface area contributed by atoms with Crippen LogP contribution in [-0.4, -0.2) is 22.8 Å². The third kappa shape index (κ3) is 3.23. The summed E-state index contributed by atoms with van der Waals surface area (Å²) >= 11 is 0. The molecule has 1 fully saturated rings. The minimum absolute atomic E-state index is 0.124. The van der Waals surface area contributed by atoms with Crippen molar-refractivity contribution in [1.29, 1.82) is 0 Å². The molecule has 1 aliphatic rings. The van der Waals surface area contributed by atoms with E-state index < -0.39 is 6.10 Å². The molecular formula is C18H17NO3. The Hall–Kier alpha value is -2.46. The standard InChI is InChI=1S/C18H17NO3/c20-17-11-16(22-13-15-9-5-2-6-10-15)18(21)19(17)12-14-7-3-1-4-8-14/h1-10,16H,11-13H2/t16-/m0/s1. The first-order valence-corrected chi connectivity index (χ1v) is 7.28. The van der Waals surface area contributed by atoms with Gasteiger partial charge in [-0.2, -0.15) is 0 Å². The molecule has 0 bridgehead atoms. The van der Waals surface area contributed by atoms with Gasteiger partial charge in [0.25, 0.3) is 5.91 Å². The molecule has 2 amide bonds. The lowest BCUT2D eigenvalue weighted by atomic mass is 10.2. The predicted molar refractivity (Wildman–Crippen MR) is 81.6 cm³/mol. The van der Waals surface area contributed by atoms with Crippen molar-refractivity contribution in [3.8, 4) is 0 Å². The third-order valence-corrected chi connectivity index (χ3v) is 3.68. The Morgan fingerprint density at radius 1 is 0.909 bits per heavy atom. The first-order valence-electron chi connectivity index (χ1n) is 7.28. The highest BCUT2D eigenvalue weighted by molar-refractivity contribution is 6.04. The predicted octanol–water partition coefficient (Wildman–Crippen LogP) is 2.53. The van der Waals surface area contributed by atoms with Gasteiger partial charge in [-0.15, -0.1) is 0 Å². The van der Waals surface area contributed by atoms with Gasteiger partial charge in [0.15, 0.2) is 0 Å². The minimum Gasteiger partial charge on any atom is -0.363 e. The summed E-state index contributed by atoms with van der Waals surface area (Å²) in [6.45, 7) is 0.646. The van der Waals surface area contributed by atoms with E-state index in [0.717, 1.165) is 11.1 Å². The van der Waals surface area contributed by atoms with E-state index in [1.165, 1.54) is 4.90 Å². The first-order chi connectivity index (χ1) is 10.7. The van der Waals surface area contributed by atoms with Gasteiger partial charge in [0, 0.05) is 0 Å². The van der Waals surface area contributed by atoms with Crippen LogP contribution < -0.4 is 0 Å². The molecule has 2 aromatic rings. The molecule has 0 saturated carbocycles. The highest BCUT2D eigenvalue weighted by atomic mass is 16.5. The molecule has 4 nitrogen and oxygen atoms in total. The highest BCUT2D eigenvalue weighted by Crippen LogP contribution is 2.20. The number of hydrogen-bond donors (Lipinski definition) is 0. The summed E-state index contributed by atoms with van der Waals surface area (Å²) < 4.78 is 5.63. The summed E-state index contributed by atoms with van der Waals surface area (Å²) in [5.41, 5.74) is 1.93. The molecule has 0 spiro atoms. The number of benzene rings is 2. The third-order valence-electron chi connectivity index (χ3n) is 3.68. The maximum Gasteiger partial charge on any atom is 0.259 e. The molecule has 3 rings (SSSR count). The number of amides is 2. The monoisotopic (exact) mass is 295 g/mol. The molecule has 1 atom stereocenters. The van der Waals surface area contributed by atoms with E-state index in [-0.39, 0.29) is 18.2 Å². The molecule has 0 radical (unpaired) electrons. The second-order valence-corrected chi connectivity index (χ2v) is 5.29. The SMILES string of the molecule is O=C1C[C@H](OCc2ccccc2)C(=O)N1Cc1ccccc1. The topological polar surface area (TPSA) is 46.6 Å². The molecule has 0 aliphatic carbocycles. The van der Waals surface area contributed by atoms with Crippen molar-refractivity contribution in [2.24, 2.45) is 0 Å². The molecule has 2 aromatic carbocycles. The number of imide groups is 1. The van der Waals surface area contributed by atoms with E-state index in [4.69, 9.17) is 4.74 Å². The van der Waals surface area contributed by atoms with Gasteiger partial charge < -0.3 is 4.74 Å². The van der Waals surface area contributed by atoms with Crippen LogP contribution in [0.1, 0.15) is 17.5 Å². The lowest BCUT2D eigenvalue weighted by Crippen LogP contribution is -2.32. The highest BCUT2D eigenvalue weighted by Gasteiger charge is 2.39. The van der Waals surface area contributed by atoms with Crippen LogP contribution >= 0.6 is 0 Å². The molecule has 1 heterocycles. The number of carbonyl (C=O) groups excluding carboxylic acids is 2. The molecule has 112 valence electrons. The largest absolute Gasteiger partial charge is 0.363 e. The van der Waals surface area contributed by atoms with Crippen molar-refractivity contribution in [2.75, 3.05) is 0 Å². The Morgan fingerprint density at radius 3 is 2.14 bits per heavy atom. The normalized spacial score (nSPS) is 18.0. The van der Waals surface area contributed by atoms with Crippen LogP contribution in [0.4, 0.5) is 0 Å². The zero-order valence-electron chi connectivity index (χ0n) is 12.1. The molecular weight excluding hydrogens is 278 g/mol. The number of ether oxygens (including phenoxy) is 1. The van der Waals surface area contributed by atoms with Crippen molar-refractivity contribution < 1.29 is 14.3 Å². The summed E-state index contributed by atoms with van der Waals surface area (Å²) in [4.78, 5) is 25.6. The van der Waals surface area contributed by atoms with Crippen molar-refractivity contribution in [2.45, 2.75) is 25.7 Å². The van der Waals surface area contributed by atoms with Gasteiger partial charge in [-0.3, -0.25) is 14.5 Å². The Morgan fingerprint density at radius 2 is 1.50 bits per heavy atom. The molecule has 22 heavy (non-hydrogen) atoms. The summed E-state index contributed by atoms with van der Waals surface area (Å²) in [5.74, 6) is -0.420.